The van der Waals surface area contributed by atoms with Crippen molar-refractivity contribution in [3.63, 3.8) is 0 Å². The second-order valence-electron chi connectivity index (χ2n) is 6.39. The molecule has 2 heterocycles. The number of carbonyl (C=O) groups is 1. The molecule has 0 spiro atoms. The van der Waals surface area contributed by atoms with Crippen LogP contribution in [0.25, 0.3) is 0 Å². The predicted octanol–water partition coefficient (Wildman–Crippen LogP) is 2.97. The van der Waals surface area contributed by atoms with Crippen molar-refractivity contribution in [2.24, 2.45) is 0 Å². The summed E-state index contributed by atoms with van der Waals surface area (Å²) in [4.78, 5) is 14.7. The lowest BCUT2D eigenvalue weighted by Gasteiger charge is -2.23. The summed E-state index contributed by atoms with van der Waals surface area (Å²) in [6.07, 6.45) is 4.46. The molecule has 3 rings (SSSR count). The second kappa shape index (κ2) is 9.39. The van der Waals surface area contributed by atoms with E-state index in [1.54, 1.807) is 6.26 Å². The van der Waals surface area contributed by atoms with Crippen LogP contribution in [0.4, 0.5) is 0 Å². The highest BCUT2D eigenvalue weighted by Crippen LogP contribution is 2.20. The fraction of sp³-hybridized carbons (Fsp3) is 0.450. The lowest BCUT2D eigenvalue weighted by atomic mass is 10.1. The fourth-order valence-electron chi connectivity index (χ4n) is 3.20. The molecule has 1 saturated heterocycles. The smallest absolute Gasteiger partial charge is 0.237 e. The number of likely N-dealkylation sites (tertiary alicyclic amines) is 1. The Balaban J connectivity index is 1.34. The van der Waals surface area contributed by atoms with E-state index in [1.807, 2.05) is 30.3 Å². The van der Waals surface area contributed by atoms with Crippen molar-refractivity contribution in [2.45, 2.75) is 38.5 Å². The maximum atomic E-state index is 12.5. The largest absolute Gasteiger partial charge is 0.467 e. The van der Waals surface area contributed by atoms with Crippen molar-refractivity contribution >= 4 is 5.91 Å². The van der Waals surface area contributed by atoms with E-state index in [1.165, 1.54) is 5.56 Å². The number of carbonyl (C=O) groups excluding carboxylic acids is 1. The molecule has 2 aromatic rings. The van der Waals surface area contributed by atoms with E-state index in [4.69, 9.17) is 9.15 Å². The first-order valence-corrected chi connectivity index (χ1v) is 8.99. The van der Waals surface area contributed by atoms with Gasteiger partial charge < -0.3 is 14.5 Å². The van der Waals surface area contributed by atoms with Gasteiger partial charge in [-0.1, -0.05) is 30.3 Å². The molecule has 1 fully saturated rings. The Morgan fingerprint density at radius 3 is 2.92 bits per heavy atom. The Morgan fingerprint density at radius 1 is 1.24 bits per heavy atom. The average molecular weight is 342 g/mol. The van der Waals surface area contributed by atoms with Gasteiger partial charge in [0.2, 0.25) is 5.91 Å². The Bertz CT molecular complexity index is 628. The van der Waals surface area contributed by atoms with Crippen molar-refractivity contribution in [1.82, 2.24) is 10.2 Å². The molecule has 1 aliphatic heterocycles. The van der Waals surface area contributed by atoms with Crippen LogP contribution in [-0.2, 0) is 22.7 Å². The third kappa shape index (κ3) is 5.44. The van der Waals surface area contributed by atoms with E-state index in [0.717, 1.165) is 38.1 Å². The van der Waals surface area contributed by atoms with Crippen LogP contribution in [-0.4, -0.2) is 36.5 Å². The molecule has 25 heavy (non-hydrogen) atoms. The molecule has 134 valence electrons. The number of hydrogen-bond donors (Lipinski definition) is 1. The maximum absolute atomic E-state index is 12.5. The minimum absolute atomic E-state index is 0.00996. The van der Waals surface area contributed by atoms with Crippen LogP contribution < -0.4 is 5.32 Å². The topological polar surface area (TPSA) is 54.7 Å². The molecular weight excluding hydrogens is 316 g/mol. The molecule has 5 heteroatoms. The number of ether oxygens (including phenoxy) is 1. The third-order valence-corrected chi connectivity index (χ3v) is 4.48. The monoisotopic (exact) mass is 342 g/mol. The lowest BCUT2D eigenvalue weighted by molar-refractivity contribution is -0.125. The van der Waals surface area contributed by atoms with Crippen LogP contribution >= 0.6 is 0 Å². The third-order valence-electron chi connectivity index (χ3n) is 4.48. The standard InChI is InChI=1S/C20H26N2O3/c23-20(21-11-6-13-24-16-18-9-5-14-25-18)19-10-4-12-22(19)15-17-7-2-1-3-8-17/h1-3,5,7-9,14,19H,4,6,10-13,15-16H2,(H,21,23). The average Bonchev–Trinajstić information content (AvgIpc) is 3.30. The number of furan rings is 1. The summed E-state index contributed by atoms with van der Waals surface area (Å²) in [7, 11) is 0. The van der Waals surface area contributed by atoms with Gasteiger partial charge in [-0.05, 0) is 43.5 Å². The first-order chi connectivity index (χ1) is 12.3. The molecule has 0 saturated carbocycles. The van der Waals surface area contributed by atoms with Crippen molar-refractivity contribution in [2.75, 3.05) is 19.7 Å². The maximum Gasteiger partial charge on any atom is 0.237 e. The number of benzene rings is 1. The van der Waals surface area contributed by atoms with E-state index in [2.05, 4.69) is 22.3 Å². The van der Waals surface area contributed by atoms with Gasteiger partial charge in [0.1, 0.15) is 12.4 Å². The Kier molecular flexibility index (Phi) is 6.65. The van der Waals surface area contributed by atoms with Crippen LogP contribution in [0, 0.1) is 0 Å². The van der Waals surface area contributed by atoms with Gasteiger partial charge in [0.25, 0.3) is 0 Å². The lowest BCUT2D eigenvalue weighted by Crippen LogP contribution is -2.43. The zero-order valence-corrected chi connectivity index (χ0v) is 14.5. The summed E-state index contributed by atoms with van der Waals surface area (Å²) >= 11 is 0. The number of rotatable bonds is 9. The first-order valence-electron chi connectivity index (χ1n) is 8.99. The summed E-state index contributed by atoms with van der Waals surface area (Å²) in [5.41, 5.74) is 1.26. The molecule has 1 aromatic carbocycles. The minimum atomic E-state index is -0.00996. The summed E-state index contributed by atoms with van der Waals surface area (Å²) in [5.74, 6) is 0.964. The molecule has 1 amide bonds. The Hall–Kier alpha value is -2.11. The zero-order chi connectivity index (χ0) is 17.3. The summed E-state index contributed by atoms with van der Waals surface area (Å²) in [5, 5.41) is 3.05. The van der Waals surface area contributed by atoms with Gasteiger partial charge in [-0.15, -0.1) is 0 Å². The van der Waals surface area contributed by atoms with E-state index in [9.17, 15) is 4.79 Å². The van der Waals surface area contributed by atoms with Crippen LogP contribution in [0.2, 0.25) is 0 Å². The molecule has 0 bridgehead atoms. The molecule has 1 unspecified atom stereocenters. The zero-order valence-electron chi connectivity index (χ0n) is 14.5. The van der Waals surface area contributed by atoms with Crippen LogP contribution in [0.5, 0.6) is 0 Å². The quantitative estimate of drug-likeness (QED) is 0.712. The van der Waals surface area contributed by atoms with Gasteiger partial charge in [-0.3, -0.25) is 9.69 Å². The molecule has 1 N–H and O–H groups in total. The van der Waals surface area contributed by atoms with Crippen LogP contribution in [0.3, 0.4) is 0 Å². The summed E-state index contributed by atoms with van der Waals surface area (Å²) in [6.45, 7) is 3.56. The summed E-state index contributed by atoms with van der Waals surface area (Å²) in [6, 6.07) is 14.1. The molecule has 1 aliphatic rings. The highest BCUT2D eigenvalue weighted by atomic mass is 16.5. The second-order valence-corrected chi connectivity index (χ2v) is 6.39. The first kappa shape index (κ1) is 17.7. The Labute approximate surface area is 149 Å². The van der Waals surface area contributed by atoms with Gasteiger partial charge in [-0.25, -0.2) is 0 Å². The van der Waals surface area contributed by atoms with Crippen molar-refractivity contribution in [3.05, 3.63) is 60.1 Å². The van der Waals surface area contributed by atoms with Crippen molar-refractivity contribution in [3.8, 4) is 0 Å². The molecule has 1 atom stereocenters. The minimum Gasteiger partial charge on any atom is -0.467 e. The van der Waals surface area contributed by atoms with E-state index in [-0.39, 0.29) is 11.9 Å². The number of hydrogen-bond acceptors (Lipinski definition) is 4. The molecular formula is C20H26N2O3. The molecule has 5 nitrogen and oxygen atoms in total. The highest BCUT2D eigenvalue weighted by molar-refractivity contribution is 5.82. The number of amides is 1. The number of nitrogens with one attached hydrogen (secondary N) is 1. The fourth-order valence-corrected chi connectivity index (χ4v) is 3.20. The van der Waals surface area contributed by atoms with Crippen LogP contribution in [0.15, 0.2) is 53.1 Å². The normalized spacial score (nSPS) is 17.7. The van der Waals surface area contributed by atoms with E-state index >= 15 is 0 Å². The van der Waals surface area contributed by atoms with Gasteiger partial charge in [-0.2, -0.15) is 0 Å². The van der Waals surface area contributed by atoms with Gasteiger partial charge in [0, 0.05) is 19.7 Å². The van der Waals surface area contributed by atoms with Crippen molar-refractivity contribution < 1.29 is 13.9 Å². The van der Waals surface area contributed by atoms with E-state index in [0.29, 0.717) is 19.8 Å². The Morgan fingerprint density at radius 2 is 2.12 bits per heavy atom. The van der Waals surface area contributed by atoms with E-state index < -0.39 is 0 Å². The van der Waals surface area contributed by atoms with Gasteiger partial charge in [0.05, 0.1) is 12.3 Å². The molecule has 0 radical (unpaired) electrons. The van der Waals surface area contributed by atoms with Gasteiger partial charge in [0.15, 0.2) is 0 Å². The highest BCUT2D eigenvalue weighted by Gasteiger charge is 2.30. The van der Waals surface area contributed by atoms with Crippen molar-refractivity contribution in [1.29, 1.82) is 0 Å². The number of nitrogens with zero attached hydrogens (tertiary/aromatic N) is 1. The molecule has 0 aliphatic carbocycles. The van der Waals surface area contributed by atoms with Crippen LogP contribution in [0.1, 0.15) is 30.6 Å². The summed E-state index contributed by atoms with van der Waals surface area (Å²) < 4.78 is 10.7. The predicted molar refractivity (Wildman–Crippen MR) is 95.9 cm³/mol. The SMILES string of the molecule is O=C(NCCCOCc1ccco1)C1CCCN1Cc1ccccc1. The molecule has 1 aromatic heterocycles. The van der Waals surface area contributed by atoms with Gasteiger partial charge >= 0.3 is 0 Å².